The molecule has 1 aliphatic rings. The Hall–Kier alpha value is -0.610. The molecule has 1 aliphatic heterocycles. The van der Waals surface area contributed by atoms with Crippen LogP contribution in [0.25, 0.3) is 0 Å². The van der Waals surface area contributed by atoms with Gasteiger partial charge in [-0.05, 0) is 39.2 Å². The second-order valence-corrected chi connectivity index (χ2v) is 6.11. The number of nitrogens with one attached hydrogen (secondary N) is 1. The number of piperidine rings is 1. The molecule has 0 aromatic carbocycles. The minimum absolute atomic E-state index is 0.702. The Morgan fingerprint density at radius 3 is 3.12 bits per heavy atom. The molecule has 2 heterocycles. The average molecular weight is 253 g/mol. The van der Waals surface area contributed by atoms with Crippen molar-refractivity contribution < 1.29 is 0 Å². The maximum absolute atomic E-state index is 4.40. The zero-order valence-corrected chi connectivity index (χ0v) is 11.9. The topological polar surface area (TPSA) is 28.2 Å². The minimum atomic E-state index is 0.702. The fraction of sp³-hybridized carbons (Fsp3) is 0.769. The van der Waals surface area contributed by atoms with E-state index in [1.165, 1.54) is 24.3 Å². The fourth-order valence-corrected chi connectivity index (χ4v) is 3.36. The number of hydrogen-bond donors (Lipinski definition) is 1. The van der Waals surface area contributed by atoms with Crippen LogP contribution < -0.4 is 5.32 Å². The van der Waals surface area contributed by atoms with Gasteiger partial charge in [0.2, 0.25) is 0 Å². The van der Waals surface area contributed by atoms with Crippen LogP contribution in [0, 0.1) is 5.92 Å². The van der Waals surface area contributed by atoms with Gasteiger partial charge in [0.15, 0.2) is 5.13 Å². The van der Waals surface area contributed by atoms with Crippen LogP contribution in [0.5, 0.6) is 0 Å². The molecule has 0 radical (unpaired) electrons. The van der Waals surface area contributed by atoms with Gasteiger partial charge >= 0.3 is 0 Å². The third-order valence-corrected chi connectivity index (χ3v) is 4.68. The van der Waals surface area contributed by atoms with Crippen LogP contribution in [0.3, 0.4) is 0 Å². The van der Waals surface area contributed by atoms with E-state index in [4.69, 9.17) is 0 Å². The van der Waals surface area contributed by atoms with Gasteiger partial charge < -0.3 is 5.32 Å². The van der Waals surface area contributed by atoms with Gasteiger partial charge in [-0.1, -0.05) is 6.92 Å². The standard InChI is InChI=1S/C13H23N3S/c1-4-14-13-15-8-12(17-13)9-16-7-5-6-10(2)11(16)3/h8,10-11H,4-7,9H2,1-3H3,(H,14,15). The molecule has 1 saturated heterocycles. The predicted molar refractivity (Wildman–Crippen MR) is 74.5 cm³/mol. The van der Waals surface area contributed by atoms with Crippen LogP contribution in [0.15, 0.2) is 6.20 Å². The molecule has 96 valence electrons. The predicted octanol–water partition coefficient (Wildman–Crippen LogP) is 3.20. The monoisotopic (exact) mass is 253 g/mol. The van der Waals surface area contributed by atoms with Crippen LogP contribution in [0.4, 0.5) is 5.13 Å². The maximum atomic E-state index is 4.40. The number of anilines is 1. The minimum Gasteiger partial charge on any atom is -0.362 e. The molecule has 3 nitrogen and oxygen atoms in total. The Kier molecular flexibility index (Phi) is 4.40. The lowest BCUT2D eigenvalue weighted by Gasteiger charge is -2.37. The molecular weight excluding hydrogens is 230 g/mol. The molecule has 4 heteroatoms. The summed E-state index contributed by atoms with van der Waals surface area (Å²) in [6.07, 6.45) is 4.74. The van der Waals surface area contributed by atoms with E-state index in [0.29, 0.717) is 6.04 Å². The summed E-state index contributed by atoms with van der Waals surface area (Å²) in [7, 11) is 0. The van der Waals surface area contributed by atoms with Gasteiger partial charge in [-0.15, -0.1) is 11.3 Å². The SMILES string of the molecule is CCNc1ncc(CN2CCCC(C)C2C)s1. The second-order valence-electron chi connectivity index (χ2n) is 4.99. The summed E-state index contributed by atoms with van der Waals surface area (Å²) in [4.78, 5) is 8.37. The van der Waals surface area contributed by atoms with E-state index in [2.05, 4.69) is 36.0 Å². The van der Waals surface area contributed by atoms with Crippen molar-refractivity contribution >= 4 is 16.5 Å². The summed E-state index contributed by atoms with van der Waals surface area (Å²) in [5.41, 5.74) is 0. The van der Waals surface area contributed by atoms with E-state index < -0.39 is 0 Å². The van der Waals surface area contributed by atoms with Gasteiger partial charge in [0.25, 0.3) is 0 Å². The third-order valence-electron chi connectivity index (χ3n) is 3.74. The highest BCUT2D eigenvalue weighted by Crippen LogP contribution is 2.26. The van der Waals surface area contributed by atoms with Crippen molar-refractivity contribution in [2.75, 3.05) is 18.4 Å². The molecular formula is C13H23N3S. The highest BCUT2D eigenvalue weighted by Gasteiger charge is 2.24. The first kappa shape index (κ1) is 12.8. The summed E-state index contributed by atoms with van der Waals surface area (Å²) in [5, 5.41) is 4.33. The summed E-state index contributed by atoms with van der Waals surface area (Å²) >= 11 is 1.79. The summed E-state index contributed by atoms with van der Waals surface area (Å²) in [6.45, 7) is 10.1. The molecule has 0 spiro atoms. The molecule has 2 atom stereocenters. The van der Waals surface area contributed by atoms with Crippen molar-refractivity contribution in [3.05, 3.63) is 11.1 Å². The van der Waals surface area contributed by atoms with Crippen LogP contribution in [-0.2, 0) is 6.54 Å². The van der Waals surface area contributed by atoms with Crippen molar-refractivity contribution in [2.45, 2.75) is 46.2 Å². The van der Waals surface area contributed by atoms with E-state index >= 15 is 0 Å². The van der Waals surface area contributed by atoms with E-state index in [9.17, 15) is 0 Å². The first-order valence-corrected chi connectivity index (χ1v) is 7.45. The molecule has 2 unspecified atom stereocenters. The van der Waals surface area contributed by atoms with E-state index in [0.717, 1.165) is 24.1 Å². The van der Waals surface area contributed by atoms with Crippen LogP contribution in [0.1, 0.15) is 38.5 Å². The summed E-state index contributed by atoms with van der Waals surface area (Å²) < 4.78 is 0. The summed E-state index contributed by atoms with van der Waals surface area (Å²) in [5.74, 6) is 0.824. The van der Waals surface area contributed by atoms with Gasteiger partial charge in [0, 0.05) is 30.2 Å². The molecule has 0 saturated carbocycles. The lowest BCUT2D eigenvalue weighted by Crippen LogP contribution is -2.41. The van der Waals surface area contributed by atoms with Gasteiger partial charge in [-0.3, -0.25) is 4.90 Å². The van der Waals surface area contributed by atoms with Crippen LogP contribution >= 0.6 is 11.3 Å². The molecule has 0 aliphatic carbocycles. The quantitative estimate of drug-likeness (QED) is 0.893. The Morgan fingerprint density at radius 1 is 1.53 bits per heavy atom. The number of thiazole rings is 1. The third kappa shape index (κ3) is 3.19. The van der Waals surface area contributed by atoms with Gasteiger partial charge in [0.05, 0.1) is 0 Å². The number of nitrogens with zero attached hydrogens (tertiary/aromatic N) is 2. The Labute approximate surface area is 108 Å². The van der Waals surface area contributed by atoms with Crippen LogP contribution in [-0.4, -0.2) is 29.0 Å². The lowest BCUT2D eigenvalue weighted by molar-refractivity contribution is 0.107. The van der Waals surface area contributed by atoms with Crippen molar-refractivity contribution in [1.82, 2.24) is 9.88 Å². The lowest BCUT2D eigenvalue weighted by atomic mass is 9.92. The van der Waals surface area contributed by atoms with Gasteiger partial charge in [-0.25, -0.2) is 4.98 Å². The molecule has 1 fully saturated rings. The molecule has 1 aromatic rings. The van der Waals surface area contributed by atoms with Crippen molar-refractivity contribution in [1.29, 1.82) is 0 Å². The largest absolute Gasteiger partial charge is 0.362 e. The van der Waals surface area contributed by atoms with E-state index in [-0.39, 0.29) is 0 Å². The Morgan fingerprint density at radius 2 is 2.35 bits per heavy atom. The molecule has 17 heavy (non-hydrogen) atoms. The second kappa shape index (κ2) is 5.83. The number of rotatable bonds is 4. The highest BCUT2D eigenvalue weighted by molar-refractivity contribution is 7.15. The smallest absolute Gasteiger partial charge is 0.182 e. The van der Waals surface area contributed by atoms with Crippen molar-refractivity contribution in [3.8, 4) is 0 Å². The fourth-order valence-electron chi connectivity index (χ4n) is 2.46. The molecule has 1 aromatic heterocycles. The number of aromatic nitrogens is 1. The number of likely N-dealkylation sites (tertiary alicyclic amines) is 1. The number of hydrogen-bond acceptors (Lipinski definition) is 4. The Balaban J connectivity index is 1.94. The van der Waals surface area contributed by atoms with E-state index in [1.807, 2.05) is 6.20 Å². The molecule has 0 bridgehead atoms. The highest BCUT2D eigenvalue weighted by atomic mass is 32.1. The molecule has 2 rings (SSSR count). The van der Waals surface area contributed by atoms with E-state index in [1.54, 1.807) is 11.3 Å². The van der Waals surface area contributed by atoms with Crippen molar-refractivity contribution in [3.63, 3.8) is 0 Å². The first-order chi connectivity index (χ1) is 8.20. The van der Waals surface area contributed by atoms with Gasteiger partial charge in [-0.2, -0.15) is 0 Å². The zero-order valence-electron chi connectivity index (χ0n) is 11.1. The first-order valence-electron chi connectivity index (χ1n) is 6.63. The molecule has 1 N–H and O–H groups in total. The van der Waals surface area contributed by atoms with Crippen molar-refractivity contribution in [2.24, 2.45) is 5.92 Å². The normalized spacial score (nSPS) is 26.1. The zero-order chi connectivity index (χ0) is 12.3. The Bertz CT molecular complexity index is 350. The van der Waals surface area contributed by atoms with Gasteiger partial charge in [0.1, 0.15) is 0 Å². The maximum Gasteiger partial charge on any atom is 0.182 e. The van der Waals surface area contributed by atoms with Crippen LogP contribution in [0.2, 0.25) is 0 Å². The molecule has 0 amide bonds. The average Bonchev–Trinajstić information content (AvgIpc) is 2.73. The summed E-state index contributed by atoms with van der Waals surface area (Å²) in [6, 6.07) is 0.702.